The van der Waals surface area contributed by atoms with Crippen molar-refractivity contribution in [3.8, 4) is 0 Å². The summed E-state index contributed by atoms with van der Waals surface area (Å²) in [4.78, 5) is 10.7. The Hall–Kier alpha value is -0.430. The van der Waals surface area contributed by atoms with Gasteiger partial charge in [0.1, 0.15) is 6.10 Å². The molecule has 0 aliphatic rings. The third kappa shape index (κ3) is 3.01. The maximum atomic E-state index is 10.7. The molecule has 1 aromatic carbocycles. The molecule has 0 aliphatic heterocycles. The second-order valence-corrected chi connectivity index (χ2v) is 4.73. The van der Waals surface area contributed by atoms with Gasteiger partial charge in [-0.1, -0.05) is 31.9 Å². The van der Waals surface area contributed by atoms with Crippen molar-refractivity contribution in [3.63, 3.8) is 0 Å². The van der Waals surface area contributed by atoms with Gasteiger partial charge in [0.15, 0.2) is 6.10 Å². The summed E-state index contributed by atoms with van der Waals surface area (Å²) >= 11 is 6.43. The van der Waals surface area contributed by atoms with Gasteiger partial charge in [0, 0.05) is 8.95 Å². The Labute approximate surface area is 103 Å². The smallest absolute Gasteiger partial charge is 0.249 e. The Balaban J connectivity index is 3.04. The minimum absolute atomic E-state index is 0.399. The lowest BCUT2D eigenvalue weighted by Crippen LogP contribution is -2.34. The van der Waals surface area contributed by atoms with Crippen molar-refractivity contribution >= 4 is 37.8 Å². The van der Waals surface area contributed by atoms with E-state index in [2.05, 4.69) is 31.9 Å². The zero-order valence-corrected chi connectivity index (χ0v) is 10.7. The normalized spacial score (nSPS) is 14.7. The highest BCUT2D eigenvalue weighted by atomic mass is 79.9. The predicted octanol–water partition coefficient (Wildman–Crippen LogP) is 1.09. The van der Waals surface area contributed by atoms with Crippen LogP contribution in [0.25, 0.3) is 0 Å². The fraction of sp³-hybridized carbons (Fsp3) is 0.222. The van der Waals surface area contributed by atoms with Crippen LogP contribution in [0.2, 0.25) is 0 Å². The molecule has 0 saturated carbocycles. The van der Waals surface area contributed by atoms with Gasteiger partial charge in [0.25, 0.3) is 0 Å². The molecular weight excluding hydrogens is 330 g/mol. The Bertz CT molecular complexity index is 384. The van der Waals surface area contributed by atoms with Gasteiger partial charge < -0.3 is 15.9 Å². The second kappa shape index (κ2) is 5.07. The molecule has 1 aromatic rings. The van der Waals surface area contributed by atoms with Crippen molar-refractivity contribution in [2.45, 2.75) is 12.2 Å². The minimum atomic E-state index is -1.62. The number of primary amides is 1. The number of nitrogens with two attached hydrogens (primary N) is 1. The van der Waals surface area contributed by atoms with Gasteiger partial charge in [0.2, 0.25) is 5.91 Å². The molecule has 4 N–H and O–H groups in total. The van der Waals surface area contributed by atoms with E-state index in [0.29, 0.717) is 10.0 Å². The first-order valence-electron chi connectivity index (χ1n) is 4.04. The number of aliphatic hydroxyl groups is 2. The van der Waals surface area contributed by atoms with Crippen LogP contribution >= 0.6 is 31.9 Å². The Kier molecular flexibility index (Phi) is 4.27. The SMILES string of the molecule is NC(=O)C(O)C(O)c1cc(Br)ccc1Br. The highest BCUT2D eigenvalue weighted by Gasteiger charge is 2.25. The molecular formula is C9H9Br2NO3. The molecule has 1 amide bonds. The molecule has 0 heterocycles. The van der Waals surface area contributed by atoms with Gasteiger partial charge in [-0.05, 0) is 23.8 Å². The monoisotopic (exact) mass is 337 g/mol. The summed E-state index contributed by atoms with van der Waals surface area (Å²) in [5.41, 5.74) is 5.29. The van der Waals surface area contributed by atoms with E-state index in [9.17, 15) is 15.0 Å². The van der Waals surface area contributed by atoms with Crippen LogP contribution in [0.3, 0.4) is 0 Å². The first-order chi connectivity index (χ1) is 6.93. The van der Waals surface area contributed by atoms with E-state index < -0.39 is 18.1 Å². The summed E-state index contributed by atoms with van der Waals surface area (Å²) in [7, 11) is 0. The maximum Gasteiger partial charge on any atom is 0.249 e. The summed E-state index contributed by atoms with van der Waals surface area (Å²) < 4.78 is 1.33. The van der Waals surface area contributed by atoms with Crippen LogP contribution in [0.15, 0.2) is 27.1 Å². The fourth-order valence-corrected chi connectivity index (χ4v) is 1.93. The van der Waals surface area contributed by atoms with E-state index >= 15 is 0 Å². The summed E-state index contributed by atoms with van der Waals surface area (Å²) in [6.45, 7) is 0. The number of aliphatic hydroxyl groups excluding tert-OH is 2. The average Bonchev–Trinajstić information content (AvgIpc) is 2.19. The molecule has 0 aliphatic carbocycles. The molecule has 2 unspecified atom stereocenters. The molecule has 0 aromatic heterocycles. The van der Waals surface area contributed by atoms with Gasteiger partial charge in [-0.25, -0.2) is 0 Å². The molecule has 1 rings (SSSR count). The third-order valence-corrected chi connectivity index (χ3v) is 3.08. The van der Waals surface area contributed by atoms with E-state index in [-0.39, 0.29) is 0 Å². The van der Waals surface area contributed by atoms with Crippen molar-refractivity contribution in [1.29, 1.82) is 0 Å². The summed E-state index contributed by atoms with van der Waals surface area (Å²) in [6, 6.07) is 5.05. The van der Waals surface area contributed by atoms with Crippen LogP contribution in [0.5, 0.6) is 0 Å². The summed E-state index contributed by atoms with van der Waals surface area (Å²) in [5, 5.41) is 19.0. The Morgan fingerprint density at radius 3 is 2.47 bits per heavy atom. The quantitative estimate of drug-likeness (QED) is 0.771. The maximum absolute atomic E-state index is 10.7. The van der Waals surface area contributed by atoms with E-state index in [4.69, 9.17) is 5.73 Å². The number of benzene rings is 1. The Morgan fingerprint density at radius 2 is 1.93 bits per heavy atom. The van der Waals surface area contributed by atoms with Gasteiger partial charge in [-0.2, -0.15) is 0 Å². The Morgan fingerprint density at radius 1 is 1.33 bits per heavy atom. The van der Waals surface area contributed by atoms with E-state index in [1.807, 2.05) is 0 Å². The van der Waals surface area contributed by atoms with E-state index in [1.165, 1.54) is 0 Å². The molecule has 0 saturated heterocycles. The van der Waals surface area contributed by atoms with Crippen molar-refractivity contribution in [1.82, 2.24) is 0 Å². The summed E-state index contributed by atoms with van der Waals surface area (Å²) in [6.07, 6.45) is -2.95. The number of carbonyl (C=O) groups excluding carboxylic acids is 1. The zero-order valence-electron chi connectivity index (χ0n) is 7.52. The number of halogens is 2. The van der Waals surface area contributed by atoms with E-state index in [0.717, 1.165) is 4.47 Å². The molecule has 15 heavy (non-hydrogen) atoms. The van der Waals surface area contributed by atoms with Crippen LogP contribution in [-0.4, -0.2) is 22.2 Å². The topological polar surface area (TPSA) is 83.6 Å². The standard InChI is InChI=1S/C9H9Br2NO3/c10-4-1-2-6(11)5(3-4)7(13)8(14)9(12)15/h1-3,7-8,13-14H,(H2,12,15). The molecule has 0 spiro atoms. The predicted molar refractivity (Wildman–Crippen MR) is 62.0 cm³/mol. The lowest BCUT2D eigenvalue weighted by atomic mass is 10.0. The van der Waals surface area contributed by atoms with Crippen molar-refractivity contribution in [2.24, 2.45) is 5.73 Å². The van der Waals surface area contributed by atoms with Crippen LogP contribution < -0.4 is 5.73 Å². The highest BCUT2D eigenvalue weighted by molar-refractivity contribution is 9.11. The fourth-order valence-electron chi connectivity index (χ4n) is 1.07. The summed E-state index contributed by atoms with van der Waals surface area (Å²) in [5.74, 6) is -0.964. The number of amides is 1. The molecule has 2 atom stereocenters. The molecule has 0 fully saturated rings. The number of carbonyl (C=O) groups is 1. The van der Waals surface area contributed by atoms with Gasteiger partial charge in [-0.3, -0.25) is 4.79 Å². The third-order valence-electron chi connectivity index (χ3n) is 1.87. The van der Waals surface area contributed by atoms with Crippen molar-refractivity contribution in [2.75, 3.05) is 0 Å². The van der Waals surface area contributed by atoms with Crippen molar-refractivity contribution < 1.29 is 15.0 Å². The lowest BCUT2D eigenvalue weighted by Gasteiger charge is -2.16. The van der Waals surface area contributed by atoms with Gasteiger partial charge >= 0.3 is 0 Å². The molecule has 6 heteroatoms. The largest absolute Gasteiger partial charge is 0.385 e. The van der Waals surface area contributed by atoms with Gasteiger partial charge in [0.05, 0.1) is 0 Å². The van der Waals surface area contributed by atoms with Crippen LogP contribution in [0.4, 0.5) is 0 Å². The van der Waals surface area contributed by atoms with E-state index in [1.54, 1.807) is 18.2 Å². The first kappa shape index (κ1) is 12.6. The molecule has 4 nitrogen and oxygen atoms in total. The molecule has 0 radical (unpaired) electrons. The molecule has 0 bridgehead atoms. The molecule has 82 valence electrons. The number of hydrogen-bond donors (Lipinski definition) is 3. The average molecular weight is 339 g/mol. The first-order valence-corrected chi connectivity index (χ1v) is 5.62. The van der Waals surface area contributed by atoms with Gasteiger partial charge in [-0.15, -0.1) is 0 Å². The van der Waals surface area contributed by atoms with Crippen LogP contribution in [0, 0.1) is 0 Å². The highest BCUT2D eigenvalue weighted by Crippen LogP contribution is 2.28. The van der Waals surface area contributed by atoms with Crippen LogP contribution in [0.1, 0.15) is 11.7 Å². The number of rotatable bonds is 3. The van der Waals surface area contributed by atoms with Crippen molar-refractivity contribution in [3.05, 3.63) is 32.7 Å². The lowest BCUT2D eigenvalue weighted by molar-refractivity contribution is -0.132. The zero-order chi connectivity index (χ0) is 11.6. The second-order valence-electron chi connectivity index (χ2n) is 2.96. The minimum Gasteiger partial charge on any atom is -0.385 e. The number of hydrogen-bond acceptors (Lipinski definition) is 3. The van der Waals surface area contributed by atoms with Crippen LogP contribution in [-0.2, 0) is 4.79 Å².